The highest BCUT2D eigenvalue weighted by Gasteiger charge is 2.18. The third kappa shape index (κ3) is 4.12. The lowest BCUT2D eigenvalue weighted by Gasteiger charge is -2.13. The molecule has 0 radical (unpaired) electrons. The van der Waals surface area contributed by atoms with Crippen LogP contribution in [0, 0.1) is 5.82 Å². The summed E-state index contributed by atoms with van der Waals surface area (Å²) in [4.78, 5) is 25.0. The molecule has 0 spiro atoms. The van der Waals surface area contributed by atoms with Crippen LogP contribution in [0.4, 0.5) is 24.5 Å². The standard InChI is InChI=1S/C20H18F3N7O/c1-10(24)7-27-14-3-2-12(16-17(14)26-5-4-25-16)20(31)28-11-6-13(21)19-29-15(18(22)23)9-30(19)8-11/h2-6,8-10,18,27H,7,24H2,1H3,(H,28,31)/t10-/m0/s1. The Bertz CT molecular complexity index is 1270. The van der Waals surface area contributed by atoms with E-state index in [2.05, 4.69) is 25.6 Å². The molecular weight excluding hydrogens is 411 g/mol. The number of imidazole rings is 1. The molecule has 8 nitrogen and oxygen atoms in total. The third-order valence-electron chi connectivity index (χ3n) is 4.49. The molecule has 0 bridgehead atoms. The predicted molar refractivity (Wildman–Crippen MR) is 110 cm³/mol. The number of nitrogens with one attached hydrogen (secondary N) is 2. The van der Waals surface area contributed by atoms with E-state index in [1.54, 1.807) is 12.1 Å². The molecule has 3 heterocycles. The van der Waals surface area contributed by atoms with Gasteiger partial charge in [0.25, 0.3) is 12.3 Å². The van der Waals surface area contributed by atoms with Gasteiger partial charge in [0.15, 0.2) is 11.5 Å². The number of anilines is 2. The summed E-state index contributed by atoms with van der Waals surface area (Å²) >= 11 is 0. The van der Waals surface area contributed by atoms with Crippen LogP contribution in [0.5, 0.6) is 0 Å². The number of alkyl halides is 2. The van der Waals surface area contributed by atoms with Gasteiger partial charge in [-0.3, -0.25) is 14.8 Å². The number of aromatic nitrogens is 4. The van der Waals surface area contributed by atoms with Crippen LogP contribution >= 0.6 is 0 Å². The third-order valence-corrected chi connectivity index (χ3v) is 4.49. The van der Waals surface area contributed by atoms with Gasteiger partial charge >= 0.3 is 0 Å². The van der Waals surface area contributed by atoms with E-state index in [0.29, 0.717) is 23.3 Å². The number of carbonyl (C=O) groups excluding carboxylic acids is 1. The first-order chi connectivity index (χ1) is 14.8. The molecule has 11 heteroatoms. The molecule has 4 rings (SSSR count). The summed E-state index contributed by atoms with van der Waals surface area (Å²) in [7, 11) is 0. The number of carbonyl (C=O) groups is 1. The second kappa shape index (κ2) is 8.19. The van der Waals surface area contributed by atoms with E-state index < -0.39 is 23.8 Å². The number of nitrogens with zero attached hydrogens (tertiary/aromatic N) is 4. The summed E-state index contributed by atoms with van der Waals surface area (Å²) in [6, 6.07) is 4.18. The molecule has 1 amide bonds. The molecular formula is C20H18F3N7O. The van der Waals surface area contributed by atoms with Crippen molar-refractivity contribution in [2.24, 2.45) is 5.73 Å². The second-order valence-electron chi connectivity index (χ2n) is 7.00. The van der Waals surface area contributed by atoms with Crippen molar-refractivity contribution in [3.63, 3.8) is 0 Å². The van der Waals surface area contributed by atoms with Gasteiger partial charge in [0.2, 0.25) is 0 Å². The van der Waals surface area contributed by atoms with E-state index in [1.165, 1.54) is 18.6 Å². The molecule has 3 aromatic heterocycles. The minimum atomic E-state index is -2.84. The SMILES string of the molecule is C[C@H](N)CNc1ccc(C(=O)Nc2cc(F)c3nc(C(F)F)cn3c2)c2nccnc12. The first-order valence-corrected chi connectivity index (χ1v) is 9.34. The Balaban J connectivity index is 1.66. The molecule has 0 fully saturated rings. The Morgan fingerprint density at radius 1 is 1.19 bits per heavy atom. The van der Waals surface area contributed by atoms with Crippen molar-refractivity contribution >= 4 is 34.0 Å². The van der Waals surface area contributed by atoms with Crippen molar-refractivity contribution in [3.8, 4) is 0 Å². The number of hydrogen-bond donors (Lipinski definition) is 3. The first kappa shape index (κ1) is 20.5. The summed E-state index contributed by atoms with van der Waals surface area (Å²) in [6.45, 7) is 2.35. The Labute approximate surface area is 174 Å². The van der Waals surface area contributed by atoms with Crippen LogP contribution in [0.2, 0.25) is 0 Å². The van der Waals surface area contributed by atoms with Crippen LogP contribution in [0.3, 0.4) is 0 Å². The van der Waals surface area contributed by atoms with Crippen molar-refractivity contribution in [1.82, 2.24) is 19.4 Å². The van der Waals surface area contributed by atoms with E-state index in [-0.39, 0.29) is 22.9 Å². The molecule has 1 aromatic carbocycles. The minimum Gasteiger partial charge on any atom is -0.382 e. The largest absolute Gasteiger partial charge is 0.382 e. The fraction of sp³-hybridized carbons (Fsp3) is 0.200. The number of pyridine rings is 1. The lowest BCUT2D eigenvalue weighted by Crippen LogP contribution is -2.25. The molecule has 0 saturated carbocycles. The molecule has 0 saturated heterocycles. The smallest absolute Gasteiger partial charge is 0.281 e. The number of rotatable bonds is 6. The molecule has 160 valence electrons. The van der Waals surface area contributed by atoms with Gasteiger partial charge in [-0.2, -0.15) is 0 Å². The lowest BCUT2D eigenvalue weighted by molar-refractivity contribution is 0.102. The number of halogens is 3. The van der Waals surface area contributed by atoms with Crippen LogP contribution in [0.15, 0.2) is 43.0 Å². The van der Waals surface area contributed by atoms with Crippen LogP contribution in [0.25, 0.3) is 16.7 Å². The molecule has 1 atom stereocenters. The molecule has 4 aromatic rings. The molecule has 0 aliphatic carbocycles. The summed E-state index contributed by atoms with van der Waals surface area (Å²) in [5, 5.41) is 5.73. The molecule has 4 N–H and O–H groups in total. The van der Waals surface area contributed by atoms with Gasteiger partial charge in [-0.05, 0) is 19.1 Å². The Morgan fingerprint density at radius 3 is 2.65 bits per heavy atom. The Kier molecular flexibility index (Phi) is 5.42. The van der Waals surface area contributed by atoms with Gasteiger partial charge in [-0.1, -0.05) is 0 Å². The summed E-state index contributed by atoms with van der Waals surface area (Å²) in [5.74, 6) is -1.40. The highest BCUT2D eigenvalue weighted by atomic mass is 19.3. The summed E-state index contributed by atoms with van der Waals surface area (Å²) in [5.41, 5.74) is 6.75. The average molecular weight is 429 g/mol. The summed E-state index contributed by atoms with van der Waals surface area (Å²) < 4.78 is 41.1. The first-order valence-electron chi connectivity index (χ1n) is 9.34. The molecule has 31 heavy (non-hydrogen) atoms. The maximum Gasteiger partial charge on any atom is 0.281 e. The Morgan fingerprint density at radius 2 is 1.94 bits per heavy atom. The number of amides is 1. The van der Waals surface area contributed by atoms with Crippen molar-refractivity contribution in [2.75, 3.05) is 17.2 Å². The predicted octanol–water partition coefficient (Wildman–Crippen LogP) is 3.37. The van der Waals surface area contributed by atoms with Crippen LogP contribution in [-0.2, 0) is 0 Å². The topological polar surface area (TPSA) is 110 Å². The van der Waals surface area contributed by atoms with Gasteiger partial charge < -0.3 is 20.8 Å². The zero-order valence-electron chi connectivity index (χ0n) is 16.3. The van der Waals surface area contributed by atoms with Crippen LogP contribution in [-0.4, -0.2) is 37.8 Å². The highest BCUT2D eigenvalue weighted by Crippen LogP contribution is 2.25. The van der Waals surface area contributed by atoms with E-state index >= 15 is 0 Å². The fourth-order valence-corrected chi connectivity index (χ4v) is 3.10. The number of fused-ring (bicyclic) bond motifs is 2. The van der Waals surface area contributed by atoms with Crippen molar-refractivity contribution in [2.45, 2.75) is 19.4 Å². The van der Waals surface area contributed by atoms with Crippen LogP contribution in [0.1, 0.15) is 29.4 Å². The Hall–Kier alpha value is -3.73. The number of nitrogens with two attached hydrogens (primary N) is 1. The highest BCUT2D eigenvalue weighted by molar-refractivity contribution is 6.13. The fourth-order valence-electron chi connectivity index (χ4n) is 3.10. The lowest BCUT2D eigenvalue weighted by atomic mass is 10.1. The molecule has 0 aliphatic rings. The normalized spacial score (nSPS) is 12.5. The van der Waals surface area contributed by atoms with Gasteiger partial charge in [0.05, 0.1) is 16.9 Å². The molecule has 0 unspecified atom stereocenters. The monoisotopic (exact) mass is 429 g/mol. The molecule has 0 aliphatic heterocycles. The van der Waals surface area contributed by atoms with E-state index in [4.69, 9.17) is 5.73 Å². The minimum absolute atomic E-state index is 0.0735. The second-order valence-corrected chi connectivity index (χ2v) is 7.00. The van der Waals surface area contributed by atoms with Gasteiger partial charge in [-0.15, -0.1) is 0 Å². The quantitative estimate of drug-likeness (QED) is 0.434. The zero-order chi connectivity index (χ0) is 22.1. The maximum absolute atomic E-state index is 14.3. The van der Waals surface area contributed by atoms with E-state index in [0.717, 1.165) is 16.7 Å². The summed E-state index contributed by atoms with van der Waals surface area (Å²) in [6.07, 6.45) is 2.44. The zero-order valence-corrected chi connectivity index (χ0v) is 16.3. The van der Waals surface area contributed by atoms with Crippen LogP contribution < -0.4 is 16.4 Å². The number of hydrogen-bond acceptors (Lipinski definition) is 6. The van der Waals surface area contributed by atoms with Gasteiger partial charge in [-0.25, -0.2) is 18.2 Å². The van der Waals surface area contributed by atoms with Gasteiger partial charge in [0.1, 0.15) is 16.7 Å². The van der Waals surface area contributed by atoms with Crippen molar-refractivity contribution in [3.05, 3.63) is 60.1 Å². The average Bonchev–Trinajstić information content (AvgIpc) is 3.17. The van der Waals surface area contributed by atoms with E-state index in [1.807, 2.05) is 6.92 Å². The van der Waals surface area contributed by atoms with Crippen molar-refractivity contribution in [1.29, 1.82) is 0 Å². The van der Waals surface area contributed by atoms with Crippen molar-refractivity contribution < 1.29 is 18.0 Å². The number of benzene rings is 1. The van der Waals surface area contributed by atoms with E-state index in [9.17, 15) is 18.0 Å². The van der Waals surface area contributed by atoms with Gasteiger partial charge in [0, 0.05) is 43.4 Å². The maximum atomic E-state index is 14.3.